The monoisotopic (exact) mass is 273 g/mol. The van der Waals surface area contributed by atoms with Gasteiger partial charge in [-0.05, 0) is 42.3 Å². The van der Waals surface area contributed by atoms with Gasteiger partial charge in [-0.15, -0.1) is 0 Å². The van der Waals surface area contributed by atoms with Crippen LogP contribution in [-0.4, -0.2) is 18.1 Å². The molecule has 0 unspecified atom stereocenters. The summed E-state index contributed by atoms with van der Waals surface area (Å²) in [6.07, 6.45) is 0. The van der Waals surface area contributed by atoms with Gasteiger partial charge in [0.05, 0.1) is 5.56 Å². The quantitative estimate of drug-likeness (QED) is 0.927. The number of anilines is 1. The van der Waals surface area contributed by atoms with E-state index < -0.39 is 11.8 Å². The highest BCUT2D eigenvalue weighted by Crippen LogP contribution is 2.18. The lowest BCUT2D eigenvalue weighted by molar-refractivity contribution is 0.0691. The molecule has 20 heavy (non-hydrogen) atoms. The number of hydrogen-bond acceptors (Lipinski definition) is 2. The molecule has 2 aromatic rings. The molecular weight excluding hydrogens is 257 g/mol. The molecule has 0 aliphatic heterocycles. The number of nitrogens with zero attached hydrogens (tertiary/aromatic N) is 1. The van der Waals surface area contributed by atoms with Gasteiger partial charge in [0.1, 0.15) is 5.82 Å². The van der Waals surface area contributed by atoms with Crippen LogP contribution in [0.2, 0.25) is 0 Å². The summed E-state index contributed by atoms with van der Waals surface area (Å²) >= 11 is 0. The Morgan fingerprint density at radius 2 is 2.00 bits per heavy atom. The Balaban J connectivity index is 2.22. The molecule has 0 atom stereocenters. The molecule has 3 nitrogen and oxygen atoms in total. The molecular formula is C16H16FNO2. The zero-order valence-electron chi connectivity index (χ0n) is 11.4. The molecule has 0 fully saturated rings. The average Bonchev–Trinajstić information content (AvgIpc) is 2.40. The van der Waals surface area contributed by atoms with Crippen LogP contribution in [0.4, 0.5) is 10.1 Å². The molecule has 0 aliphatic rings. The van der Waals surface area contributed by atoms with E-state index in [1.54, 1.807) is 6.07 Å². The molecule has 0 heterocycles. The number of aryl methyl sites for hydroxylation is 1. The van der Waals surface area contributed by atoms with Crippen LogP contribution < -0.4 is 4.90 Å². The smallest absolute Gasteiger partial charge is 0.338 e. The van der Waals surface area contributed by atoms with Crippen LogP contribution in [0.25, 0.3) is 0 Å². The lowest BCUT2D eigenvalue weighted by Gasteiger charge is -2.20. The minimum Gasteiger partial charge on any atom is -0.478 e. The van der Waals surface area contributed by atoms with E-state index in [2.05, 4.69) is 0 Å². The summed E-state index contributed by atoms with van der Waals surface area (Å²) in [7, 11) is 1.92. The van der Waals surface area contributed by atoms with Crippen LogP contribution in [0, 0.1) is 12.7 Å². The van der Waals surface area contributed by atoms with Crippen LogP contribution in [0.3, 0.4) is 0 Å². The van der Waals surface area contributed by atoms with Crippen molar-refractivity contribution in [2.24, 2.45) is 0 Å². The zero-order valence-corrected chi connectivity index (χ0v) is 11.4. The SMILES string of the molecule is Cc1cccc(N(C)Cc2ccc(F)c(C(=O)O)c2)c1. The van der Waals surface area contributed by atoms with Gasteiger partial charge in [0.2, 0.25) is 0 Å². The normalized spacial score (nSPS) is 10.3. The summed E-state index contributed by atoms with van der Waals surface area (Å²) in [6, 6.07) is 12.2. The fourth-order valence-electron chi connectivity index (χ4n) is 2.07. The number of carboxylic acids is 1. The number of halogens is 1. The van der Waals surface area contributed by atoms with E-state index in [0.717, 1.165) is 16.8 Å². The number of aromatic carboxylic acids is 1. The van der Waals surface area contributed by atoms with Crippen molar-refractivity contribution in [1.82, 2.24) is 0 Å². The molecule has 0 bridgehead atoms. The largest absolute Gasteiger partial charge is 0.478 e. The highest BCUT2D eigenvalue weighted by Gasteiger charge is 2.11. The maximum atomic E-state index is 13.3. The number of benzene rings is 2. The molecule has 1 N–H and O–H groups in total. The third-order valence-corrected chi connectivity index (χ3v) is 3.12. The van der Waals surface area contributed by atoms with Crippen molar-refractivity contribution >= 4 is 11.7 Å². The van der Waals surface area contributed by atoms with Crippen LogP contribution in [0.1, 0.15) is 21.5 Å². The summed E-state index contributed by atoms with van der Waals surface area (Å²) in [5, 5.41) is 8.92. The molecule has 0 radical (unpaired) electrons. The van der Waals surface area contributed by atoms with Crippen molar-refractivity contribution in [1.29, 1.82) is 0 Å². The van der Waals surface area contributed by atoms with E-state index >= 15 is 0 Å². The number of rotatable bonds is 4. The maximum absolute atomic E-state index is 13.3. The van der Waals surface area contributed by atoms with Crippen LogP contribution in [0.15, 0.2) is 42.5 Å². The van der Waals surface area contributed by atoms with Gasteiger partial charge in [0.15, 0.2) is 0 Å². The Morgan fingerprint density at radius 3 is 2.65 bits per heavy atom. The molecule has 0 saturated carbocycles. The second-order valence-corrected chi connectivity index (χ2v) is 4.81. The number of hydrogen-bond donors (Lipinski definition) is 1. The Hall–Kier alpha value is -2.36. The van der Waals surface area contributed by atoms with Gasteiger partial charge in [-0.1, -0.05) is 18.2 Å². The first-order chi connectivity index (χ1) is 9.47. The van der Waals surface area contributed by atoms with Gasteiger partial charge in [-0.25, -0.2) is 9.18 Å². The highest BCUT2D eigenvalue weighted by atomic mass is 19.1. The molecule has 0 spiro atoms. The molecule has 0 aromatic heterocycles. The van der Waals surface area contributed by atoms with Crippen LogP contribution in [0.5, 0.6) is 0 Å². The fourth-order valence-corrected chi connectivity index (χ4v) is 2.07. The zero-order chi connectivity index (χ0) is 14.7. The van der Waals surface area contributed by atoms with Crippen molar-refractivity contribution in [3.05, 3.63) is 65.0 Å². The Labute approximate surface area is 117 Å². The minimum absolute atomic E-state index is 0.292. The molecule has 0 saturated heterocycles. The van der Waals surface area contributed by atoms with Gasteiger partial charge >= 0.3 is 5.97 Å². The first kappa shape index (κ1) is 14.1. The van der Waals surface area contributed by atoms with Gasteiger partial charge in [0, 0.05) is 19.3 Å². The first-order valence-electron chi connectivity index (χ1n) is 6.27. The number of carbonyl (C=O) groups is 1. The second kappa shape index (κ2) is 5.74. The van der Waals surface area contributed by atoms with Crippen molar-refractivity contribution < 1.29 is 14.3 Å². The van der Waals surface area contributed by atoms with Gasteiger partial charge < -0.3 is 10.0 Å². The molecule has 104 valence electrons. The molecule has 2 aromatic carbocycles. The Morgan fingerprint density at radius 1 is 1.25 bits per heavy atom. The summed E-state index contributed by atoms with van der Waals surface area (Å²) in [5.74, 6) is -1.96. The van der Waals surface area contributed by atoms with Crippen molar-refractivity contribution in [3.8, 4) is 0 Å². The van der Waals surface area contributed by atoms with E-state index in [4.69, 9.17) is 5.11 Å². The standard InChI is InChI=1S/C16H16FNO2/c1-11-4-3-5-13(8-11)18(2)10-12-6-7-15(17)14(9-12)16(19)20/h3-9H,10H2,1-2H3,(H,19,20). The molecule has 0 aliphatic carbocycles. The van der Waals surface area contributed by atoms with Gasteiger partial charge in [-0.3, -0.25) is 0 Å². The van der Waals surface area contributed by atoms with Gasteiger partial charge in [-0.2, -0.15) is 0 Å². The summed E-state index contributed by atoms with van der Waals surface area (Å²) in [6.45, 7) is 2.53. The summed E-state index contributed by atoms with van der Waals surface area (Å²) in [5.41, 5.74) is 2.65. The summed E-state index contributed by atoms with van der Waals surface area (Å²) < 4.78 is 13.3. The third-order valence-electron chi connectivity index (χ3n) is 3.12. The van der Waals surface area contributed by atoms with Crippen molar-refractivity contribution in [2.75, 3.05) is 11.9 Å². The fraction of sp³-hybridized carbons (Fsp3) is 0.188. The van der Waals surface area contributed by atoms with E-state index in [1.807, 2.05) is 43.1 Å². The minimum atomic E-state index is -1.25. The van der Waals surface area contributed by atoms with E-state index in [-0.39, 0.29) is 5.56 Å². The molecule has 4 heteroatoms. The Kier molecular flexibility index (Phi) is 4.03. The topological polar surface area (TPSA) is 40.5 Å². The predicted molar refractivity (Wildman–Crippen MR) is 76.6 cm³/mol. The van der Waals surface area contributed by atoms with E-state index in [0.29, 0.717) is 6.54 Å². The van der Waals surface area contributed by atoms with Gasteiger partial charge in [0.25, 0.3) is 0 Å². The Bertz CT molecular complexity index is 640. The predicted octanol–water partition coefficient (Wildman–Crippen LogP) is 3.47. The first-order valence-corrected chi connectivity index (χ1v) is 6.27. The van der Waals surface area contributed by atoms with E-state index in [9.17, 15) is 9.18 Å². The molecule has 2 rings (SSSR count). The van der Waals surface area contributed by atoms with Crippen molar-refractivity contribution in [2.45, 2.75) is 13.5 Å². The number of carboxylic acid groups (broad SMARTS) is 1. The van der Waals surface area contributed by atoms with Crippen molar-refractivity contribution in [3.63, 3.8) is 0 Å². The summed E-state index contributed by atoms with van der Waals surface area (Å²) in [4.78, 5) is 12.9. The van der Waals surface area contributed by atoms with E-state index in [1.165, 1.54) is 12.1 Å². The lowest BCUT2D eigenvalue weighted by atomic mass is 10.1. The average molecular weight is 273 g/mol. The second-order valence-electron chi connectivity index (χ2n) is 4.81. The highest BCUT2D eigenvalue weighted by molar-refractivity contribution is 5.88. The van der Waals surface area contributed by atoms with Crippen LogP contribution in [-0.2, 0) is 6.54 Å². The van der Waals surface area contributed by atoms with Crippen LogP contribution >= 0.6 is 0 Å². The third kappa shape index (κ3) is 3.15. The maximum Gasteiger partial charge on any atom is 0.338 e. The lowest BCUT2D eigenvalue weighted by Crippen LogP contribution is -2.17. The molecule has 0 amide bonds.